The number of methoxy groups -OCH3 is 2. The van der Waals surface area contributed by atoms with E-state index in [2.05, 4.69) is 43.5 Å². The summed E-state index contributed by atoms with van der Waals surface area (Å²) in [7, 11) is 3.31. The van der Waals surface area contributed by atoms with Gasteiger partial charge in [0.15, 0.2) is 11.5 Å². The van der Waals surface area contributed by atoms with Gasteiger partial charge in [0, 0.05) is 23.0 Å². The normalized spacial score (nSPS) is 10.8. The van der Waals surface area contributed by atoms with Crippen LogP contribution < -0.4 is 9.47 Å². The maximum Gasteiger partial charge on any atom is 0.161 e. The first-order valence-electron chi connectivity index (χ1n) is 6.48. The Bertz CT molecular complexity index is 570. The number of aromatic nitrogens is 1. The number of aryl methyl sites for hydroxylation is 1. The Morgan fingerprint density at radius 3 is 2.21 bits per heavy atom. The van der Waals surface area contributed by atoms with Crippen LogP contribution in [0.3, 0.4) is 0 Å². The highest BCUT2D eigenvalue weighted by Crippen LogP contribution is 2.34. The minimum Gasteiger partial charge on any atom is -0.493 e. The Kier molecular flexibility index (Phi) is 3.84. The Labute approximate surface area is 114 Å². The minimum absolute atomic E-state index is 0.429. The van der Waals surface area contributed by atoms with Crippen LogP contribution in [0.2, 0.25) is 0 Å². The fourth-order valence-electron chi connectivity index (χ4n) is 2.47. The molecule has 19 heavy (non-hydrogen) atoms. The second-order valence-corrected chi connectivity index (χ2v) is 4.89. The van der Waals surface area contributed by atoms with Gasteiger partial charge in [0.05, 0.1) is 14.2 Å². The van der Waals surface area contributed by atoms with Crippen LogP contribution in [0.1, 0.15) is 25.6 Å². The van der Waals surface area contributed by atoms with Crippen LogP contribution in [0.5, 0.6) is 11.5 Å². The molecule has 0 spiro atoms. The van der Waals surface area contributed by atoms with E-state index in [1.807, 2.05) is 12.1 Å². The maximum absolute atomic E-state index is 5.37. The summed E-state index contributed by atoms with van der Waals surface area (Å²) in [5, 5.41) is 0. The quantitative estimate of drug-likeness (QED) is 0.826. The molecule has 0 aliphatic heterocycles. The largest absolute Gasteiger partial charge is 0.493 e. The Hall–Kier alpha value is -1.90. The minimum atomic E-state index is 0.429. The maximum atomic E-state index is 5.37. The van der Waals surface area contributed by atoms with Crippen molar-refractivity contribution in [2.45, 2.75) is 26.8 Å². The summed E-state index contributed by atoms with van der Waals surface area (Å²) in [6.45, 7) is 6.51. The van der Waals surface area contributed by atoms with Crippen molar-refractivity contribution >= 4 is 0 Å². The molecule has 102 valence electrons. The second-order valence-electron chi connectivity index (χ2n) is 4.89. The molecular formula is C16H21NO2. The van der Waals surface area contributed by atoms with E-state index in [4.69, 9.17) is 9.47 Å². The molecular weight excluding hydrogens is 238 g/mol. The van der Waals surface area contributed by atoms with Gasteiger partial charge in [-0.3, -0.25) is 0 Å². The number of hydrogen-bond acceptors (Lipinski definition) is 2. The smallest absolute Gasteiger partial charge is 0.161 e. The predicted molar refractivity (Wildman–Crippen MR) is 78.1 cm³/mol. The lowest BCUT2D eigenvalue weighted by Gasteiger charge is -2.17. The first-order valence-corrected chi connectivity index (χ1v) is 6.48. The van der Waals surface area contributed by atoms with Gasteiger partial charge in [-0.15, -0.1) is 0 Å². The van der Waals surface area contributed by atoms with Crippen molar-refractivity contribution in [3.8, 4) is 22.8 Å². The molecule has 0 bridgehead atoms. The van der Waals surface area contributed by atoms with Crippen molar-refractivity contribution in [2.75, 3.05) is 14.2 Å². The van der Waals surface area contributed by atoms with Gasteiger partial charge in [0.2, 0.25) is 0 Å². The number of benzene rings is 1. The molecule has 1 aromatic heterocycles. The third kappa shape index (κ3) is 2.46. The zero-order valence-electron chi connectivity index (χ0n) is 12.2. The molecule has 0 saturated heterocycles. The van der Waals surface area contributed by atoms with E-state index in [0.717, 1.165) is 17.1 Å². The van der Waals surface area contributed by atoms with Gasteiger partial charge in [0.25, 0.3) is 0 Å². The van der Waals surface area contributed by atoms with Gasteiger partial charge in [-0.05, 0) is 51.1 Å². The van der Waals surface area contributed by atoms with Crippen molar-refractivity contribution in [2.24, 2.45) is 0 Å². The molecule has 2 rings (SSSR count). The molecule has 0 fully saturated rings. The molecule has 0 aliphatic carbocycles. The van der Waals surface area contributed by atoms with Gasteiger partial charge in [0.1, 0.15) is 0 Å². The predicted octanol–water partition coefficient (Wildman–Crippen LogP) is 4.06. The molecule has 0 N–H and O–H groups in total. The van der Waals surface area contributed by atoms with Crippen LogP contribution in [-0.2, 0) is 0 Å². The van der Waals surface area contributed by atoms with Gasteiger partial charge in [-0.2, -0.15) is 0 Å². The highest BCUT2D eigenvalue weighted by molar-refractivity contribution is 5.65. The van der Waals surface area contributed by atoms with Gasteiger partial charge in [-0.1, -0.05) is 0 Å². The standard InChI is InChI=1S/C16H21NO2/c1-11(2)17-12(3)6-8-14(17)13-7-9-15(18-4)16(10-13)19-5/h6-11H,1-5H3. The number of hydrogen-bond donors (Lipinski definition) is 0. The van der Waals surface area contributed by atoms with Crippen LogP contribution in [0.15, 0.2) is 30.3 Å². The van der Waals surface area contributed by atoms with E-state index in [0.29, 0.717) is 6.04 Å². The van der Waals surface area contributed by atoms with Crippen LogP contribution in [0, 0.1) is 6.92 Å². The van der Waals surface area contributed by atoms with Crippen molar-refractivity contribution < 1.29 is 9.47 Å². The summed E-state index contributed by atoms with van der Waals surface area (Å²) in [5.41, 5.74) is 3.60. The summed E-state index contributed by atoms with van der Waals surface area (Å²) in [5.74, 6) is 1.51. The summed E-state index contributed by atoms with van der Waals surface area (Å²) in [6, 6.07) is 10.8. The summed E-state index contributed by atoms with van der Waals surface area (Å²) in [4.78, 5) is 0. The highest BCUT2D eigenvalue weighted by Gasteiger charge is 2.12. The third-order valence-corrected chi connectivity index (χ3v) is 3.32. The monoisotopic (exact) mass is 259 g/mol. The Morgan fingerprint density at radius 1 is 0.947 bits per heavy atom. The number of nitrogens with zero attached hydrogens (tertiary/aromatic N) is 1. The van der Waals surface area contributed by atoms with Gasteiger partial charge in [-0.25, -0.2) is 0 Å². The van der Waals surface area contributed by atoms with Crippen molar-refractivity contribution in [1.29, 1.82) is 0 Å². The average Bonchev–Trinajstić information content (AvgIpc) is 2.79. The van der Waals surface area contributed by atoms with Crippen molar-refractivity contribution in [3.05, 3.63) is 36.0 Å². The molecule has 0 radical (unpaired) electrons. The van der Waals surface area contributed by atoms with Gasteiger partial charge >= 0.3 is 0 Å². The fourth-order valence-corrected chi connectivity index (χ4v) is 2.47. The molecule has 1 heterocycles. The van der Waals surface area contributed by atoms with Crippen LogP contribution in [-0.4, -0.2) is 18.8 Å². The van der Waals surface area contributed by atoms with E-state index in [1.54, 1.807) is 14.2 Å². The highest BCUT2D eigenvalue weighted by atomic mass is 16.5. The Morgan fingerprint density at radius 2 is 1.63 bits per heavy atom. The van der Waals surface area contributed by atoms with Gasteiger partial charge < -0.3 is 14.0 Å². The van der Waals surface area contributed by atoms with Crippen molar-refractivity contribution in [3.63, 3.8) is 0 Å². The summed E-state index contributed by atoms with van der Waals surface area (Å²) in [6.07, 6.45) is 0. The van der Waals surface area contributed by atoms with Crippen LogP contribution in [0.25, 0.3) is 11.3 Å². The molecule has 0 saturated carbocycles. The lowest BCUT2D eigenvalue weighted by atomic mass is 10.1. The fraction of sp³-hybridized carbons (Fsp3) is 0.375. The summed E-state index contributed by atoms with van der Waals surface area (Å²) >= 11 is 0. The zero-order chi connectivity index (χ0) is 14.0. The number of ether oxygens (including phenoxy) is 2. The van der Waals surface area contributed by atoms with Crippen LogP contribution in [0.4, 0.5) is 0 Å². The van der Waals surface area contributed by atoms with E-state index in [1.165, 1.54) is 11.4 Å². The van der Waals surface area contributed by atoms with E-state index in [-0.39, 0.29) is 0 Å². The van der Waals surface area contributed by atoms with E-state index in [9.17, 15) is 0 Å². The van der Waals surface area contributed by atoms with Crippen molar-refractivity contribution in [1.82, 2.24) is 4.57 Å². The average molecular weight is 259 g/mol. The second kappa shape index (κ2) is 5.39. The lowest BCUT2D eigenvalue weighted by molar-refractivity contribution is 0.355. The lowest BCUT2D eigenvalue weighted by Crippen LogP contribution is -2.04. The molecule has 0 atom stereocenters. The first-order chi connectivity index (χ1) is 9.08. The van der Waals surface area contributed by atoms with E-state index < -0.39 is 0 Å². The molecule has 0 aliphatic rings. The molecule has 0 amide bonds. The third-order valence-electron chi connectivity index (χ3n) is 3.32. The molecule has 1 aromatic carbocycles. The number of rotatable bonds is 4. The SMILES string of the molecule is COc1ccc(-c2ccc(C)n2C(C)C)cc1OC. The molecule has 0 unspecified atom stereocenters. The molecule has 3 nitrogen and oxygen atoms in total. The Balaban J connectivity index is 2.53. The first kappa shape index (κ1) is 13.5. The van der Waals surface area contributed by atoms with Crippen LogP contribution >= 0.6 is 0 Å². The van der Waals surface area contributed by atoms with E-state index >= 15 is 0 Å². The summed E-state index contributed by atoms with van der Waals surface area (Å²) < 4.78 is 13.0. The topological polar surface area (TPSA) is 23.4 Å². The molecule has 3 heteroatoms. The zero-order valence-corrected chi connectivity index (χ0v) is 12.2. The molecule has 2 aromatic rings.